The second kappa shape index (κ2) is 2.42. The van der Waals surface area contributed by atoms with E-state index >= 15 is 0 Å². The monoisotopic (exact) mass is 131 g/mol. The van der Waals surface area contributed by atoms with E-state index in [1.807, 2.05) is 0 Å². The van der Waals surface area contributed by atoms with E-state index < -0.39 is 11.1 Å². The van der Waals surface area contributed by atoms with Gasteiger partial charge in [-0.3, -0.25) is 4.21 Å². The third kappa shape index (κ3) is 1.17. The van der Waals surface area contributed by atoms with E-state index in [9.17, 15) is 8.76 Å². The number of allylic oxidation sites excluding steroid dienone is 2. The van der Waals surface area contributed by atoms with Gasteiger partial charge in [-0.2, -0.15) is 0 Å². The highest BCUT2D eigenvalue weighted by molar-refractivity contribution is 7.83. The van der Waals surface area contributed by atoms with Gasteiger partial charge in [-0.15, -0.1) is 0 Å². The zero-order valence-corrected chi connectivity index (χ0v) is 5.24. The minimum Gasteiger partial charge on any atom is -0.769 e. The first-order chi connectivity index (χ1) is 3.80. The molecule has 1 rings (SSSR count). The van der Waals surface area contributed by atoms with Crippen LogP contribution in [0.4, 0.5) is 0 Å². The van der Waals surface area contributed by atoms with Crippen LogP contribution < -0.4 is 0 Å². The molecule has 1 aliphatic carbocycles. The summed E-state index contributed by atoms with van der Waals surface area (Å²) < 4.78 is 20.3. The molecule has 3 heteroatoms. The topological polar surface area (TPSA) is 40.1 Å². The summed E-state index contributed by atoms with van der Waals surface area (Å²) in [6.07, 6.45) is 4.46. The molecule has 0 aliphatic heterocycles. The molecule has 1 atom stereocenters. The molecule has 0 N–H and O–H groups in total. The molecule has 0 bridgehead atoms. The Bertz CT molecular complexity index is 139. The van der Waals surface area contributed by atoms with E-state index in [2.05, 4.69) is 0 Å². The molecule has 1 unspecified atom stereocenters. The van der Waals surface area contributed by atoms with Crippen LogP contribution in [0.2, 0.25) is 0 Å². The molecule has 0 aromatic heterocycles. The predicted octanol–water partition coefficient (Wildman–Crippen LogP) is 0.933. The Morgan fingerprint density at radius 2 is 2.50 bits per heavy atom. The molecule has 8 heavy (non-hydrogen) atoms. The predicted molar refractivity (Wildman–Crippen MR) is 30.9 cm³/mol. The average molecular weight is 131 g/mol. The van der Waals surface area contributed by atoms with Gasteiger partial charge in [0.15, 0.2) is 0 Å². The first-order valence-corrected chi connectivity index (χ1v) is 3.66. The first kappa shape index (κ1) is 5.98. The van der Waals surface area contributed by atoms with Crippen molar-refractivity contribution in [3.8, 4) is 0 Å². The van der Waals surface area contributed by atoms with E-state index in [1.54, 1.807) is 6.08 Å². The van der Waals surface area contributed by atoms with Gasteiger partial charge in [0.05, 0.1) is 0 Å². The molecule has 1 aliphatic rings. The second-order valence-electron chi connectivity index (χ2n) is 1.80. The summed E-state index contributed by atoms with van der Waals surface area (Å²) in [7, 11) is 0. The van der Waals surface area contributed by atoms with Gasteiger partial charge in [0, 0.05) is 0 Å². The largest absolute Gasteiger partial charge is 0.769 e. The molecule has 0 heterocycles. The van der Waals surface area contributed by atoms with Crippen LogP contribution in [0, 0.1) is 0 Å². The summed E-state index contributed by atoms with van der Waals surface area (Å²) in [4.78, 5) is 0.588. The van der Waals surface area contributed by atoms with Gasteiger partial charge < -0.3 is 4.55 Å². The summed E-state index contributed by atoms with van der Waals surface area (Å²) in [6.45, 7) is 0. The van der Waals surface area contributed by atoms with Gasteiger partial charge in [-0.25, -0.2) is 0 Å². The zero-order valence-electron chi connectivity index (χ0n) is 4.42. The fourth-order valence-corrected chi connectivity index (χ4v) is 1.36. The van der Waals surface area contributed by atoms with Crippen LogP contribution in [-0.4, -0.2) is 8.76 Å². The maximum absolute atomic E-state index is 10.1. The third-order valence-corrected chi connectivity index (χ3v) is 2.01. The van der Waals surface area contributed by atoms with Gasteiger partial charge in [0.25, 0.3) is 0 Å². The molecule has 0 fully saturated rings. The van der Waals surface area contributed by atoms with E-state index in [1.165, 1.54) is 0 Å². The molecule has 0 saturated heterocycles. The van der Waals surface area contributed by atoms with Crippen molar-refractivity contribution in [2.45, 2.75) is 19.3 Å². The van der Waals surface area contributed by atoms with E-state index in [-0.39, 0.29) is 0 Å². The van der Waals surface area contributed by atoms with Gasteiger partial charge >= 0.3 is 0 Å². The summed E-state index contributed by atoms with van der Waals surface area (Å²) in [5, 5.41) is 0. The van der Waals surface area contributed by atoms with E-state index in [0.29, 0.717) is 4.91 Å². The van der Waals surface area contributed by atoms with Crippen LogP contribution in [0.3, 0.4) is 0 Å². The highest BCUT2D eigenvalue weighted by atomic mass is 32.2. The molecule has 0 aromatic rings. The quantitative estimate of drug-likeness (QED) is 0.497. The van der Waals surface area contributed by atoms with Crippen molar-refractivity contribution in [3.05, 3.63) is 11.0 Å². The molecule has 2 nitrogen and oxygen atoms in total. The lowest BCUT2D eigenvalue weighted by molar-refractivity contribution is 0.542. The second-order valence-corrected chi connectivity index (χ2v) is 2.79. The summed E-state index contributed by atoms with van der Waals surface area (Å²) in [5.74, 6) is 0. The minimum atomic E-state index is -1.93. The van der Waals surface area contributed by atoms with Crippen molar-refractivity contribution in [3.63, 3.8) is 0 Å². The summed E-state index contributed by atoms with van der Waals surface area (Å²) >= 11 is -1.93. The van der Waals surface area contributed by atoms with Crippen molar-refractivity contribution in [2.24, 2.45) is 0 Å². The average Bonchev–Trinajstić information content (AvgIpc) is 2.12. The Morgan fingerprint density at radius 1 is 1.75 bits per heavy atom. The number of hydrogen-bond acceptors (Lipinski definition) is 2. The van der Waals surface area contributed by atoms with Crippen LogP contribution in [0.5, 0.6) is 0 Å². The third-order valence-electron chi connectivity index (χ3n) is 1.21. The zero-order chi connectivity index (χ0) is 5.98. The molecule has 46 valence electrons. The first-order valence-electron chi connectivity index (χ1n) is 2.59. The van der Waals surface area contributed by atoms with E-state index in [4.69, 9.17) is 0 Å². The molecular formula is C5H7O2S-. The normalized spacial score (nSPS) is 22.9. The Labute approximate surface area is 50.9 Å². The maximum atomic E-state index is 10.1. The van der Waals surface area contributed by atoms with Crippen LogP contribution in [0.1, 0.15) is 19.3 Å². The molecule has 0 spiro atoms. The summed E-state index contributed by atoms with van der Waals surface area (Å²) in [6, 6.07) is 0. The standard InChI is InChI=1S/C5H8O2S/c6-8(7)5-3-1-2-4-5/h3H,1-2,4H2,(H,6,7)/p-1. The Kier molecular flexibility index (Phi) is 1.81. The lowest BCUT2D eigenvalue weighted by atomic mass is 10.4. The van der Waals surface area contributed by atoms with Crippen molar-refractivity contribution in [1.82, 2.24) is 0 Å². The highest BCUT2D eigenvalue weighted by Crippen LogP contribution is 2.18. The Hall–Kier alpha value is -0.150. The number of hydrogen-bond donors (Lipinski definition) is 0. The maximum Gasteiger partial charge on any atom is -0.00157 e. The van der Waals surface area contributed by atoms with Crippen LogP contribution >= 0.6 is 0 Å². The summed E-state index contributed by atoms with van der Waals surface area (Å²) in [5.41, 5.74) is 0. The number of rotatable bonds is 1. The van der Waals surface area contributed by atoms with Crippen LogP contribution in [0.15, 0.2) is 11.0 Å². The van der Waals surface area contributed by atoms with Gasteiger partial charge in [0.2, 0.25) is 0 Å². The molecule has 0 radical (unpaired) electrons. The smallest absolute Gasteiger partial charge is 0.00157 e. The Balaban J connectivity index is 2.57. The highest BCUT2D eigenvalue weighted by Gasteiger charge is 2.02. The SMILES string of the molecule is O=S([O-])C1=CCCC1. The van der Waals surface area contributed by atoms with Crippen LogP contribution in [0.25, 0.3) is 0 Å². The fourth-order valence-electron chi connectivity index (χ4n) is 0.793. The van der Waals surface area contributed by atoms with Crippen molar-refractivity contribution >= 4 is 11.1 Å². The van der Waals surface area contributed by atoms with Gasteiger partial charge in [0.1, 0.15) is 0 Å². The van der Waals surface area contributed by atoms with Crippen molar-refractivity contribution in [2.75, 3.05) is 0 Å². The van der Waals surface area contributed by atoms with Gasteiger partial charge in [-0.05, 0) is 35.2 Å². The molecule has 0 aromatic carbocycles. The van der Waals surface area contributed by atoms with Gasteiger partial charge in [-0.1, -0.05) is 6.08 Å². The van der Waals surface area contributed by atoms with Crippen LogP contribution in [-0.2, 0) is 11.1 Å². The van der Waals surface area contributed by atoms with Crippen molar-refractivity contribution in [1.29, 1.82) is 0 Å². The minimum absolute atomic E-state index is 0.588. The molecular weight excluding hydrogens is 124 g/mol. The van der Waals surface area contributed by atoms with E-state index in [0.717, 1.165) is 19.3 Å². The Morgan fingerprint density at radius 3 is 2.75 bits per heavy atom. The molecule has 0 saturated carbocycles. The lowest BCUT2D eigenvalue weighted by Gasteiger charge is -2.02. The molecule has 0 amide bonds. The van der Waals surface area contributed by atoms with Crippen molar-refractivity contribution < 1.29 is 8.76 Å². The fraction of sp³-hybridized carbons (Fsp3) is 0.600. The lowest BCUT2D eigenvalue weighted by Crippen LogP contribution is -1.87.